The van der Waals surface area contributed by atoms with Gasteiger partial charge in [-0.15, -0.1) is 0 Å². The minimum absolute atomic E-state index is 0.172. The van der Waals surface area contributed by atoms with E-state index in [1.54, 1.807) is 0 Å². The van der Waals surface area contributed by atoms with E-state index in [4.69, 9.17) is 0 Å². The summed E-state index contributed by atoms with van der Waals surface area (Å²) in [6.45, 7) is 11.2. The third-order valence-corrected chi connectivity index (χ3v) is 4.99. The van der Waals surface area contributed by atoms with Crippen molar-refractivity contribution < 1.29 is 5.11 Å². The van der Waals surface area contributed by atoms with Gasteiger partial charge in [0.05, 0.1) is 5.60 Å². The Labute approximate surface area is 124 Å². The molecule has 1 heteroatoms. The molecule has 0 spiro atoms. The number of rotatable bonds is 2. The molecule has 112 valence electrons. The Morgan fingerprint density at radius 2 is 1.70 bits per heavy atom. The molecule has 1 N–H and O–H groups in total. The molecule has 0 amide bonds. The number of benzene rings is 1. The fourth-order valence-corrected chi connectivity index (χ4v) is 3.68. The van der Waals surface area contributed by atoms with Crippen LogP contribution in [0.5, 0.6) is 0 Å². The second-order valence-electron chi connectivity index (χ2n) is 7.85. The molecule has 0 aromatic heterocycles. The van der Waals surface area contributed by atoms with E-state index < -0.39 is 5.60 Å². The van der Waals surface area contributed by atoms with Crippen molar-refractivity contribution in [3.63, 3.8) is 0 Å². The second-order valence-corrected chi connectivity index (χ2v) is 7.85. The lowest BCUT2D eigenvalue weighted by Gasteiger charge is -2.43. The quantitative estimate of drug-likeness (QED) is 0.803. The van der Waals surface area contributed by atoms with Gasteiger partial charge in [0.15, 0.2) is 0 Å². The lowest BCUT2D eigenvalue weighted by atomic mass is 9.67. The molecule has 0 heterocycles. The van der Waals surface area contributed by atoms with Gasteiger partial charge in [-0.1, -0.05) is 71.7 Å². The van der Waals surface area contributed by atoms with Crippen molar-refractivity contribution in [1.29, 1.82) is 0 Å². The Morgan fingerprint density at radius 3 is 2.20 bits per heavy atom. The maximum Gasteiger partial charge on any atom is 0.0927 e. The van der Waals surface area contributed by atoms with Crippen molar-refractivity contribution >= 4 is 0 Å². The van der Waals surface area contributed by atoms with E-state index in [2.05, 4.69) is 58.9 Å². The standard InChI is InChI=1S/C19H30O/c1-14(2)17-8-6-7-13-19(17,20)16-11-9-15(10-12-16)18(3,4)5/h9-12,14,17,20H,6-8,13H2,1-5H3. The zero-order chi connectivity index (χ0) is 15.0. The molecule has 1 nitrogen and oxygen atoms in total. The van der Waals surface area contributed by atoms with Gasteiger partial charge in [-0.25, -0.2) is 0 Å². The predicted molar refractivity (Wildman–Crippen MR) is 85.8 cm³/mol. The Bertz CT molecular complexity index is 438. The van der Waals surface area contributed by atoms with E-state index in [0.717, 1.165) is 24.8 Å². The normalized spacial score (nSPS) is 27.9. The first-order valence-corrected chi connectivity index (χ1v) is 8.08. The Kier molecular flexibility index (Phi) is 4.30. The lowest BCUT2D eigenvalue weighted by Crippen LogP contribution is -2.40. The molecule has 2 rings (SSSR count). The smallest absolute Gasteiger partial charge is 0.0927 e. The van der Waals surface area contributed by atoms with Gasteiger partial charge in [-0.05, 0) is 41.2 Å². The van der Waals surface area contributed by atoms with Crippen LogP contribution < -0.4 is 0 Å². The average Bonchev–Trinajstić information content (AvgIpc) is 2.38. The van der Waals surface area contributed by atoms with Crippen molar-refractivity contribution in [2.75, 3.05) is 0 Å². The molecular weight excluding hydrogens is 244 g/mol. The van der Waals surface area contributed by atoms with Crippen molar-refractivity contribution in [2.45, 2.75) is 71.3 Å². The summed E-state index contributed by atoms with van der Waals surface area (Å²) < 4.78 is 0. The van der Waals surface area contributed by atoms with E-state index >= 15 is 0 Å². The summed E-state index contributed by atoms with van der Waals surface area (Å²) in [6.07, 6.45) is 4.45. The van der Waals surface area contributed by atoms with E-state index in [9.17, 15) is 5.11 Å². The second kappa shape index (κ2) is 5.52. The van der Waals surface area contributed by atoms with E-state index in [-0.39, 0.29) is 5.41 Å². The maximum atomic E-state index is 11.3. The highest BCUT2D eigenvalue weighted by Crippen LogP contribution is 2.45. The molecule has 1 aromatic carbocycles. The van der Waals surface area contributed by atoms with Gasteiger partial charge in [0.25, 0.3) is 0 Å². The van der Waals surface area contributed by atoms with Gasteiger partial charge in [0.2, 0.25) is 0 Å². The van der Waals surface area contributed by atoms with Crippen LogP contribution in [0.15, 0.2) is 24.3 Å². The van der Waals surface area contributed by atoms with Crippen molar-refractivity contribution in [3.8, 4) is 0 Å². The molecule has 0 bridgehead atoms. The van der Waals surface area contributed by atoms with Crippen molar-refractivity contribution in [2.24, 2.45) is 11.8 Å². The zero-order valence-electron chi connectivity index (χ0n) is 13.7. The van der Waals surface area contributed by atoms with Crippen LogP contribution in [0.25, 0.3) is 0 Å². The minimum atomic E-state index is -0.622. The molecule has 1 fully saturated rings. The highest BCUT2D eigenvalue weighted by Gasteiger charge is 2.41. The van der Waals surface area contributed by atoms with E-state index in [1.165, 1.54) is 12.0 Å². The first-order chi connectivity index (χ1) is 9.25. The summed E-state index contributed by atoms with van der Waals surface area (Å²) >= 11 is 0. The molecule has 20 heavy (non-hydrogen) atoms. The van der Waals surface area contributed by atoms with Crippen LogP contribution in [0, 0.1) is 11.8 Å². The third kappa shape index (κ3) is 2.93. The highest BCUT2D eigenvalue weighted by atomic mass is 16.3. The van der Waals surface area contributed by atoms with Crippen LogP contribution in [0.3, 0.4) is 0 Å². The van der Waals surface area contributed by atoms with Crippen LogP contribution >= 0.6 is 0 Å². The van der Waals surface area contributed by atoms with Gasteiger partial charge in [0.1, 0.15) is 0 Å². The predicted octanol–water partition coefficient (Wildman–Crippen LogP) is 5.02. The molecular formula is C19H30O. The van der Waals surface area contributed by atoms with Crippen LogP contribution in [-0.4, -0.2) is 5.11 Å². The summed E-state index contributed by atoms with van der Waals surface area (Å²) in [6, 6.07) is 8.70. The molecule has 1 saturated carbocycles. The van der Waals surface area contributed by atoms with Crippen LogP contribution in [-0.2, 0) is 11.0 Å². The molecule has 1 aliphatic carbocycles. The molecule has 1 aliphatic rings. The maximum absolute atomic E-state index is 11.3. The minimum Gasteiger partial charge on any atom is -0.385 e. The van der Waals surface area contributed by atoms with Crippen LogP contribution in [0.1, 0.15) is 71.4 Å². The van der Waals surface area contributed by atoms with Crippen LogP contribution in [0.2, 0.25) is 0 Å². The Hall–Kier alpha value is -0.820. The van der Waals surface area contributed by atoms with E-state index in [1.807, 2.05) is 0 Å². The van der Waals surface area contributed by atoms with Gasteiger partial charge in [-0.3, -0.25) is 0 Å². The van der Waals surface area contributed by atoms with Gasteiger partial charge < -0.3 is 5.11 Å². The topological polar surface area (TPSA) is 20.2 Å². The highest BCUT2D eigenvalue weighted by molar-refractivity contribution is 5.31. The molecule has 1 aromatic rings. The molecule has 2 atom stereocenters. The summed E-state index contributed by atoms with van der Waals surface area (Å²) in [7, 11) is 0. The monoisotopic (exact) mass is 274 g/mol. The molecule has 0 radical (unpaired) electrons. The molecule has 0 saturated heterocycles. The third-order valence-electron chi connectivity index (χ3n) is 4.99. The number of hydrogen-bond donors (Lipinski definition) is 1. The zero-order valence-corrected chi connectivity index (χ0v) is 13.7. The molecule has 2 unspecified atom stereocenters. The fraction of sp³-hybridized carbons (Fsp3) is 0.684. The summed E-state index contributed by atoms with van der Waals surface area (Å²) in [4.78, 5) is 0. The number of aliphatic hydroxyl groups is 1. The van der Waals surface area contributed by atoms with Gasteiger partial charge >= 0.3 is 0 Å². The van der Waals surface area contributed by atoms with Crippen molar-refractivity contribution in [1.82, 2.24) is 0 Å². The number of hydrogen-bond acceptors (Lipinski definition) is 1. The Balaban J connectivity index is 2.33. The summed E-state index contributed by atoms with van der Waals surface area (Å²) in [5.74, 6) is 0.916. The van der Waals surface area contributed by atoms with Gasteiger partial charge in [-0.2, -0.15) is 0 Å². The first kappa shape index (κ1) is 15.6. The molecule has 0 aliphatic heterocycles. The van der Waals surface area contributed by atoms with Crippen LogP contribution in [0.4, 0.5) is 0 Å². The van der Waals surface area contributed by atoms with Gasteiger partial charge in [0, 0.05) is 0 Å². The lowest BCUT2D eigenvalue weighted by molar-refractivity contribution is -0.0721. The summed E-state index contributed by atoms with van der Waals surface area (Å²) in [5.41, 5.74) is 2.00. The average molecular weight is 274 g/mol. The summed E-state index contributed by atoms with van der Waals surface area (Å²) in [5, 5.41) is 11.3. The van der Waals surface area contributed by atoms with Crippen molar-refractivity contribution in [3.05, 3.63) is 35.4 Å². The first-order valence-electron chi connectivity index (χ1n) is 8.08. The largest absolute Gasteiger partial charge is 0.385 e. The fourth-order valence-electron chi connectivity index (χ4n) is 3.68. The Morgan fingerprint density at radius 1 is 1.10 bits per heavy atom. The van der Waals surface area contributed by atoms with E-state index in [0.29, 0.717) is 11.8 Å². The SMILES string of the molecule is CC(C)C1CCCCC1(O)c1ccc(C(C)(C)C)cc1.